The molecule has 0 radical (unpaired) electrons. The molecule has 26 heavy (non-hydrogen) atoms. The van der Waals surface area contributed by atoms with Crippen molar-refractivity contribution < 1.29 is 23.0 Å². The van der Waals surface area contributed by atoms with E-state index in [1.807, 2.05) is 31.2 Å². The lowest BCUT2D eigenvalue weighted by Gasteiger charge is -2.33. The van der Waals surface area contributed by atoms with Crippen LogP contribution in [0.2, 0.25) is 0 Å². The highest BCUT2D eigenvalue weighted by Crippen LogP contribution is 2.16. The highest BCUT2D eigenvalue weighted by Gasteiger charge is 2.26. The summed E-state index contributed by atoms with van der Waals surface area (Å²) in [5.74, 6) is -0.995. The van der Waals surface area contributed by atoms with Crippen molar-refractivity contribution in [2.75, 3.05) is 26.3 Å². The van der Waals surface area contributed by atoms with E-state index >= 15 is 0 Å². The number of halogens is 2. The summed E-state index contributed by atoms with van der Waals surface area (Å²) in [7, 11) is 0. The van der Waals surface area contributed by atoms with Gasteiger partial charge in [0.1, 0.15) is 30.1 Å². The summed E-state index contributed by atoms with van der Waals surface area (Å²) >= 11 is 0. The van der Waals surface area contributed by atoms with E-state index in [9.17, 15) is 13.6 Å². The second-order valence-electron chi connectivity index (χ2n) is 6.33. The summed E-state index contributed by atoms with van der Waals surface area (Å²) in [6.07, 6.45) is -0.580. The van der Waals surface area contributed by atoms with Gasteiger partial charge in [-0.05, 0) is 31.2 Å². The fourth-order valence-electron chi connectivity index (χ4n) is 2.83. The lowest BCUT2D eigenvalue weighted by atomic mass is 10.1. The first kappa shape index (κ1) is 18.3. The maximum atomic E-state index is 13.7. The van der Waals surface area contributed by atoms with E-state index in [1.54, 1.807) is 4.90 Å². The zero-order chi connectivity index (χ0) is 18.5. The fraction of sp³-hybridized carbons (Fsp3) is 0.350. The number of morpholine rings is 1. The second kappa shape index (κ2) is 8.27. The zero-order valence-corrected chi connectivity index (χ0v) is 14.6. The number of nitrogens with zero attached hydrogens (tertiary/aromatic N) is 1. The van der Waals surface area contributed by atoms with Gasteiger partial charge in [0.2, 0.25) is 5.91 Å². The van der Waals surface area contributed by atoms with Crippen molar-refractivity contribution >= 4 is 5.91 Å². The lowest BCUT2D eigenvalue weighted by molar-refractivity contribution is -0.139. The largest absolute Gasteiger partial charge is 0.491 e. The smallest absolute Gasteiger partial charge is 0.227 e. The number of hydrogen-bond donors (Lipinski definition) is 0. The molecule has 0 N–H and O–H groups in total. The molecule has 2 aromatic rings. The zero-order valence-electron chi connectivity index (χ0n) is 14.6. The van der Waals surface area contributed by atoms with Crippen LogP contribution >= 0.6 is 0 Å². The normalized spacial score (nSPS) is 17.2. The molecule has 1 saturated heterocycles. The predicted molar refractivity (Wildman–Crippen MR) is 93.1 cm³/mol. The Labute approximate surface area is 151 Å². The molecule has 0 aromatic heterocycles. The number of carbonyl (C=O) groups excluding carboxylic acids is 1. The Morgan fingerprint density at radius 2 is 1.88 bits per heavy atom. The third-order valence-electron chi connectivity index (χ3n) is 4.34. The van der Waals surface area contributed by atoms with Crippen LogP contribution in [-0.2, 0) is 16.0 Å². The minimum atomic E-state index is -0.703. The first-order chi connectivity index (χ1) is 12.5. The highest BCUT2D eigenvalue weighted by atomic mass is 19.1. The Hall–Kier alpha value is -2.47. The summed E-state index contributed by atoms with van der Waals surface area (Å²) in [4.78, 5) is 14.0. The predicted octanol–water partition coefficient (Wildman–Crippen LogP) is 3.12. The van der Waals surface area contributed by atoms with Gasteiger partial charge < -0.3 is 14.4 Å². The first-order valence-corrected chi connectivity index (χ1v) is 8.54. The standard InChI is InChI=1S/C20H21F2NO3/c1-14-5-7-15(8-6-14)26-13-16-12-23(9-10-25-16)20(24)11-17-18(21)3-2-4-19(17)22/h2-8,16H,9-13H2,1H3/t16-/m0/s1. The number of carbonyl (C=O) groups is 1. The van der Waals surface area contributed by atoms with Crippen LogP contribution in [0.25, 0.3) is 0 Å². The van der Waals surface area contributed by atoms with Gasteiger partial charge in [0, 0.05) is 12.1 Å². The van der Waals surface area contributed by atoms with Crippen LogP contribution < -0.4 is 4.74 Å². The van der Waals surface area contributed by atoms with Gasteiger partial charge in [-0.1, -0.05) is 23.8 Å². The Balaban J connectivity index is 1.55. The number of benzene rings is 2. The fourth-order valence-corrected chi connectivity index (χ4v) is 2.83. The van der Waals surface area contributed by atoms with E-state index < -0.39 is 11.6 Å². The van der Waals surface area contributed by atoms with E-state index in [-0.39, 0.29) is 24.0 Å². The van der Waals surface area contributed by atoms with Crippen molar-refractivity contribution in [1.29, 1.82) is 0 Å². The van der Waals surface area contributed by atoms with Gasteiger partial charge in [0.05, 0.1) is 19.6 Å². The SMILES string of the molecule is Cc1ccc(OC[C@@H]2CN(C(=O)Cc3c(F)cccc3F)CCO2)cc1. The maximum absolute atomic E-state index is 13.7. The summed E-state index contributed by atoms with van der Waals surface area (Å²) < 4.78 is 38.8. The molecule has 0 saturated carbocycles. The van der Waals surface area contributed by atoms with E-state index in [2.05, 4.69) is 0 Å². The molecule has 3 rings (SSSR count). The number of amides is 1. The molecule has 1 fully saturated rings. The van der Waals surface area contributed by atoms with Gasteiger partial charge in [0.15, 0.2) is 0 Å². The van der Waals surface area contributed by atoms with Crippen LogP contribution in [0.4, 0.5) is 8.78 Å². The third kappa shape index (κ3) is 4.58. The summed E-state index contributed by atoms with van der Waals surface area (Å²) in [5, 5.41) is 0. The summed E-state index contributed by atoms with van der Waals surface area (Å²) in [5.41, 5.74) is 0.944. The summed E-state index contributed by atoms with van der Waals surface area (Å²) in [6.45, 7) is 3.40. The van der Waals surface area contributed by atoms with Gasteiger partial charge in [-0.15, -0.1) is 0 Å². The van der Waals surface area contributed by atoms with Gasteiger partial charge >= 0.3 is 0 Å². The molecule has 1 amide bonds. The molecule has 138 valence electrons. The number of hydrogen-bond acceptors (Lipinski definition) is 3. The average molecular weight is 361 g/mol. The van der Waals surface area contributed by atoms with E-state index in [0.717, 1.165) is 23.4 Å². The Bertz CT molecular complexity index is 744. The molecule has 0 aliphatic carbocycles. The second-order valence-corrected chi connectivity index (χ2v) is 6.33. The van der Waals surface area contributed by atoms with Crippen molar-refractivity contribution in [2.24, 2.45) is 0 Å². The quantitative estimate of drug-likeness (QED) is 0.821. The van der Waals surface area contributed by atoms with Crippen molar-refractivity contribution in [3.63, 3.8) is 0 Å². The third-order valence-corrected chi connectivity index (χ3v) is 4.34. The van der Waals surface area contributed by atoms with Gasteiger partial charge in [-0.25, -0.2) is 8.78 Å². The van der Waals surface area contributed by atoms with E-state index in [1.165, 1.54) is 6.07 Å². The molecule has 1 aliphatic heterocycles. The lowest BCUT2D eigenvalue weighted by Crippen LogP contribution is -2.48. The van der Waals surface area contributed by atoms with Crippen LogP contribution in [0.5, 0.6) is 5.75 Å². The van der Waals surface area contributed by atoms with E-state index in [4.69, 9.17) is 9.47 Å². The van der Waals surface area contributed by atoms with Crippen LogP contribution in [0, 0.1) is 18.6 Å². The Kier molecular flexibility index (Phi) is 5.83. The van der Waals surface area contributed by atoms with Crippen LogP contribution in [0.15, 0.2) is 42.5 Å². The number of aryl methyl sites for hydroxylation is 1. The minimum absolute atomic E-state index is 0.198. The maximum Gasteiger partial charge on any atom is 0.227 e. The monoisotopic (exact) mass is 361 g/mol. The van der Waals surface area contributed by atoms with Crippen LogP contribution in [0.3, 0.4) is 0 Å². The topological polar surface area (TPSA) is 38.8 Å². The summed E-state index contributed by atoms with van der Waals surface area (Å²) in [6, 6.07) is 11.3. The van der Waals surface area contributed by atoms with Gasteiger partial charge in [-0.3, -0.25) is 4.79 Å². The Morgan fingerprint density at radius 3 is 2.58 bits per heavy atom. The van der Waals surface area contributed by atoms with Gasteiger partial charge in [-0.2, -0.15) is 0 Å². The van der Waals surface area contributed by atoms with Crippen LogP contribution in [-0.4, -0.2) is 43.2 Å². The van der Waals surface area contributed by atoms with Crippen molar-refractivity contribution in [1.82, 2.24) is 4.90 Å². The molecule has 1 aliphatic rings. The average Bonchev–Trinajstić information content (AvgIpc) is 2.64. The Morgan fingerprint density at radius 1 is 1.19 bits per heavy atom. The van der Waals surface area contributed by atoms with Crippen molar-refractivity contribution in [2.45, 2.75) is 19.4 Å². The molecule has 4 nitrogen and oxygen atoms in total. The van der Waals surface area contributed by atoms with Crippen molar-refractivity contribution in [3.05, 3.63) is 65.2 Å². The molecular formula is C20H21F2NO3. The molecule has 1 heterocycles. The number of rotatable bonds is 5. The molecule has 6 heteroatoms. The van der Waals surface area contributed by atoms with Crippen LogP contribution in [0.1, 0.15) is 11.1 Å². The molecular weight excluding hydrogens is 340 g/mol. The van der Waals surface area contributed by atoms with Crippen molar-refractivity contribution in [3.8, 4) is 5.75 Å². The molecule has 2 aromatic carbocycles. The molecule has 0 unspecified atom stereocenters. The molecule has 0 bridgehead atoms. The first-order valence-electron chi connectivity index (χ1n) is 8.54. The van der Waals surface area contributed by atoms with E-state index in [0.29, 0.717) is 26.3 Å². The highest BCUT2D eigenvalue weighted by molar-refractivity contribution is 5.79. The minimum Gasteiger partial charge on any atom is -0.491 e. The molecule has 1 atom stereocenters. The van der Waals surface area contributed by atoms with Gasteiger partial charge in [0.25, 0.3) is 0 Å². The number of ether oxygens (including phenoxy) is 2. The molecule has 0 spiro atoms.